The maximum absolute atomic E-state index is 2.39. The quantitative estimate of drug-likeness (QED) is 0.118. The number of rotatable bonds is 12. The molecule has 0 heterocycles. The van der Waals surface area contributed by atoms with Gasteiger partial charge in [0.15, 0.2) is 0 Å². The van der Waals surface area contributed by atoms with Gasteiger partial charge in [0.05, 0.1) is 9.52 Å². The van der Waals surface area contributed by atoms with Crippen LogP contribution in [0.2, 0.25) is 0 Å². The highest BCUT2D eigenvalue weighted by Gasteiger charge is 2.17. The molecular weight excluding hydrogens is 619 g/mol. The second-order valence-electron chi connectivity index (χ2n) is 13.4. The zero-order valence-electron chi connectivity index (χ0n) is 29.1. The number of nitrogens with zero attached hydrogens (tertiary/aromatic N) is 1. The molecule has 0 spiro atoms. The van der Waals surface area contributed by atoms with Crippen molar-refractivity contribution in [2.75, 3.05) is 4.90 Å². The molecule has 0 bridgehead atoms. The molecule has 50 heavy (non-hydrogen) atoms. The summed E-state index contributed by atoms with van der Waals surface area (Å²) in [6, 6.07) is 68.8. The van der Waals surface area contributed by atoms with E-state index in [0.717, 1.165) is 12.8 Å². The Hall–Kier alpha value is -5.44. The summed E-state index contributed by atoms with van der Waals surface area (Å²) >= 11 is 0. The summed E-state index contributed by atoms with van der Waals surface area (Å²) in [6.45, 7) is 4.71. The predicted molar refractivity (Wildman–Crippen MR) is 219 cm³/mol. The summed E-state index contributed by atoms with van der Waals surface area (Å²) in [4.78, 5) is 2.33. The van der Waals surface area contributed by atoms with Crippen LogP contribution >= 0.6 is 0 Å². The van der Waals surface area contributed by atoms with E-state index in [9.17, 15) is 0 Å². The first kappa shape index (κ1) is 33.1. The average molecular weight is 664 g/mol. The number of anilines is 3. The van der Waals surface area contributed by atoms with Crippen molar-refractivity contribution in [1.29, 1.82) is 0 Å². The van der Waals surface area contributed by atoms with E-state index in [2.05, 4.69) is 207 Å². The van der Waals surface area contributed by atoms with E-state index in [-0.39, 0.29) is 0 Å². The van der Waals surface area contributed by atoms with Gasteiger partial charge in [0.25, 0.3) is 0 Å². The van der Waals surface area contributed by atoms with Crippen molar-refractivity contribution in [3.8, 4) is 22.3 Å². The van der Waals surface area contributed by atoms with Gasteiger partial charge in [0.1, 0.15) is 0 Å². The van der Waals surface area contributed by atoms with Gasteiger partial charge in [-0.05, 0) is 94.5 Å². The van der Waals surface area contributed by atoms with E-state index >= 15 is 0 Å². The molecular formula is C48H45NSi. The highest BCUT2D eigenvalue weighted by Crippen LogP contribution is 2.37. The van der Waals surface area contributed by atoms with Crippen LogP contribution in [0.4, 0.5) is 17.1 Å². The zero-order valence-corrected chi connectivity index (χ0v) is 30.5. The van der Waals surface area contributed by atoms with Gasteiger partial charge in [-0.25, -0.2) is 0 Å². The summed E-state index contributed by atoms with van der Waals surface area (Å²) in [6.07, 6.45) is 2.27. The molecule has 0 radical (unpaired) electrons. The van der Waals surface area contributed by atoms with Crippen LogP contribution in [0.15, 0.2) is 188 Å². The lowest BCUT2D eigenvalue weighted by atomic mass is 9.84. The Morgan fingerprint density at radius 1 is 0.420 bits per heavy atom. The van der Waals surface area contributed by atoms with E-state index < -0.39 is 9.52 Å². The maximum atomic E-state index is 2.39. The third-order valence-corrected chi connectivity index (χ3v) is 11.8. The monoisotopic (exact) mass is 663 g/mol. The lowest BCUT2D eigenvalue weighted by molar-refractivity contribution is 0.544. The Bertz CT molecular complexity index is 2020. The van der Waals surface area contributed by atoms with E-state index in [1.165, 1.54) is 60.8 Å². The Morgan fingerprint density at radius 3 is 1.28 bits per heavy atom. The van der Waals surface area contributed by atoms with E-state index in [1.807, 2.05) is 0 Å². The highest BCUT2D eigenvalue weighted by atomic mass is 28.2. The van der Waals surface area contributed by atoms with Gasteiger partial charge in [0.2, 0.25) is 0 Å². The first-order valence-corrected chi connectivity index (χ1v) is 19.4. The van der Waals surface area contributed by atoms with Crippen molar-refractivity contribution < 1.29 is 0 Å². The van der Waals surface area contributed by atoms with Gasteiger partial charge in [-0.3, -0.25) is 0 Å². The molecule has 2 atom stereocenters. The fraction of sp³-hybridized carbons (Fsp3) is 0.125. The molecule has 7 aromatic carbocycles. The summed E-state index contributed by atoms with van der Waals surface area (Å²) in [7, 11) is -0.534. The van der Waals surface area contributed by atoms with Crippen LogP contribution in [0.1, 0.15) is 49.7 Å². The first-order chi connectivity index (χ1) is 24.6. The molecule has 0 aliphatic heterocycles. The molecule has 1 nitrogen and oxygen atoms in total. The second kappa shape index (κ2) is 15.8. The number of hydrogen-bond acceptors (Lipinski definition) is 1. The van der Waals surface area contributed by atoms with Crippen molar-refractivity contribution in [2.45, 2.75) is 38.5 Å². The maximum Gasteiger partial charge on any atom is 0.0875 e. The minimum absolute atomic E-state index is 0.494. The fourth-order valence-electron chi connectivity index (χ4n) is 7.10. The van der Waals surface area contributed by atoms with Crippen LogP contribution in [0.3, 0.4) is 0 Å². The minimum atomic E-state index is -0.534. The molecule has 0 aromatic heterocycles. The van der Waals surface area contributed by atoms with Crippen LogP contribution in [0.25, 0.3) is 22.3 Å². The number of benzene rings is 7. The summed E-state index contributed by atoms with van der Waals surface area (Å²) in [5.74, 6) is 1.01. The number of para-hydroxylation sites is 2. The van der Waals surface area contributed by atoms with E-state index in [1.54, 1.807) is 0 Å². The largest absolute Gasteiger partial charge is 0.311 e. The van der Waals surface area contributed by atoms with Crippen molar-refractivity contribution in [1.82, 2.24) is 0 Å². The van der Waals surface area contributed by atoms with E-state index in [4.69, 9.17) is 0 Å². The second-order valence-corrected chi connectivity index (χ2v) is 15.4. The van der Waals surface area contributed by atoms with Gasteiger partial charge in [-0.1, -0.05) is 176 Å². The van der Waals surface area contributed by atoms with Crippen molar-refractivity contribution in [2.24, 2.45) is 0 Å². The van der Waals surface area contributed by atoms with Crippen molar-refractivity contribution in [3.05, 3.63) is 199 Å². The summed E-state index contributed by atoms with van der Waals surface area (Å²) < 4.78 is 0. The van der Waals surface area contributed by atoms with Crippen molar-refractivity contribution >= 4 is 37.0 Å². The Balaban J connectivity index is 0.976. The van der Waals surface area contributed by atoms with Crippen LogP contribution in [-0.4, -0.2) is 9.52 Å². The fourth-order valence-corrected chi connectivity index (χ4v) is 8.51. The van der Waals surface area contributed by atoms with Gasteiger partial charge in [0, 0.05) is 17.1 Å². The summed E-state index contributed by atoms with van der Waals surface area (Å²) in [5, 5.41) is 2.97. The van der Waals surface area contributed by atoms with Crippen molar-refractivity contribution in [3.63, 3.8) is 0 Å². The topological polar surface area (TPSA) is 3.24 Å². The lowest BCUT2D eigenvalue weighted by Crippen LogP contribution is -2.26. The molecule has 0 aliphatic carbocycles. The lowest BCUT2D eigenvalue weighted by Gasteiger charge is -2.26. The van der Waals surface area contributed by atoms with Gasteiger partial charge in [-0.2, -0.15) is 0 Å². The van der Waals surface area contributed by atoms with Crippen LogP contribution in [0.5, 0.6) is 0 Å². The van der Waals surface area contributed by atoms with Crippen LogP contribution in [-0.2, 0) is 0 Å². The standard InChI is InChI=1S/C48H45NSi/c1-3-37(40-23-29-46(30-24-40)49(44-15-9-5-10-16-44)45-17-11-6-12-18-45)35-36(2)38-25-31-47(32-26-38)50-48-33-27-43(28-34-48)42-21-19-41(20-22-42)39-13-7-4-8-14-39/h4-34,36-37H,3,35,50H2,1-2H3. The Kier molecular flexibility index (Phi) is 10.5. The van der Waals surface area contributed by atoms with E-state index in [0.29, 0.717) is 11.8 Å². The minimum Gasteiger partial charge on any atom is -0.311 e. The molecule has 246 valence electrons. The average Bonchev–Trinajstić information content (AvgIpc) is 3.19. The normalized spacial score (nSPS) is 12.5. The molecule has 0 fully saturated rings. The van der Waals surface area contributed by atoms with Crippen LogP contribution in [0, 0.1) is 0 Å². The smallest absolute Gasteiger partial charge is 0.0875 e. The third-order valence-electron chi connectivity index (χ3n) is 10.0. The Labute approximate surface area is 300 Å². The summed E-state index contributed by atoms with van der Waals surface area (Å²) in [5.41, 5.74) is 11.4. The molecule has 7 aromatic rings. The molecule has 0 saturated carbocycles. The number of hydrogen-bond donors (Lipinski definition) is 0. The predicted octanol–water partition coefficient (Wildman–Crippen LogP) is 11.3. The molecule has 0 amide bonds. The molecule has 2 unspecified atom stereocenters. The van der Waals surface area contributed by atoms with Crippen LogP contribution < -0.4 is 15.3 Å². The molecule has 2 heteroatoms. The SMILES string of the molecule is CCC(CC(C)c1ccc([SiH2]c2ccc(-c3ccc(-c4ccccc4)cc3)cc2)cc1)c1ccc(N(c2ccccc2)c2ccccc2)cc1. The molecule has 7 rings (SSSR count). The first-order valence-electron chi connectivity index (χ1n) is 18.0. The van der Waals surface area contributed by atoms with Gasteiger partial charge >= 0.3 is 0 Å². The molecule has 0 aliphatic rings. The third kappa shape index (κ3) is 7.88. The van der Waals surface area contributed by atoms with Gasteiger partial charge in [-0.15, -0.1) is 0 Å². The zero-order chi connectivity index (χ0) is 34.1. The highest BCUT2D eigenvalue weighted by molar-refractivity contribution is 6.67. The van der Waals surface area contributed by atoms with Gasteiger partial charge < -0.3 is 4.90 Å². The molecule has 0 saturated heterocycles. The molecule has 0 N–H and O–H groups in total. The Morgan fingerprint density at radius 2 is 0.800 bits per heavy atom.